The minimum atomic E-state index is 0. The second-order valence-corrected chi connectivity index (χ2v) is 6.63. The number of nitrogens with two attached hydrogens (primary N) is 4. The number of halogens is 2. The number of aliphatic imine (C=N–C) groups is 4. The molecule has 0 saturated carbocycles. The van der Waals surface area contributed by atoms with E-state index in [2.05, 4.69) is 20.0 Å². The smallest absolute Gasteiger partial charge is 0.220 e. The highest BCUT2D eigenvalue weighted by Crippen LogP contribution is 2.21. The number of hydrogen-bond donors (Lipinski definition) is 4. The predicted octanol–water partition coefficient (Wildman–Crippen LogP) is 1.51. The molecular weight excluding hydrogens is 451 g/mol. The maximum absolute atomic E-state index is 5.98. The van der Waals surface area contributed by atoms with Gasteiger partial charge in [0.15, 0.2) is 0 Å². The van der Waals surface area contributed by atoms with Crippen LogP contribution in [0.25, 0.3) is 12.2 Å². The Balaban J connectivity index is 0.00000181. The van der Waals surface area contributed by atoms with Crippen molar-refractivity contribution in [2.75, 3.05) is 23.1 Å². The van der Waals surface area contributed by atoms with Crippen LogP contribution in [0.5, 0.6) is 0 Å². The highest BCUT2D eigenvalue weighted by Gasteiger charge is 2.16. The fraction of sp³-hybridized carbons (Fsp3) is 0.100. The average molecular weight is 475 g/mol. The summed E-state index contributed by atoms with van der Waals surface area (Å²) in [5.74, 6) is 1.01. The first kappa shape index (κ1) is 24.5. The molecule has 0 saturated heterocycles. The van der Waals surface area contributed by atoms with Crippen LogP contribution in [0.3, 0.4) is 0 Å². The van der Waals surface area contributed by atoms with Crippen molar-refractivity contribution in [3.8, 4) is 0 Å². The number of benzene rings is 2. The fourth-order valence-electron chi connectivity index (χ4n) is 3.07. The van der Waals surface area contributed by atoms with Crippen LogP contribution >= 0.6 is 24.8 Å². The lowest BCUT2D eigenvalue weighted by molar-refractivity contribution is 0.969. The van der Waals surface area contributed by atoms with Crippen LogP contribution in [0.15, 0.2) is 68.5 Å². The maximum atomic E-state index is 5.98. The molecule has 32 heavy (non-hydrogen) atoms. The zero-order valence-electron chi connectivity index (χ0n) is 17.0. The number of hydrogen-bond acceptors (Lipinski definition) is 10. The molecule has 0 atom stereocenters. The van der Waals surface area contributed by atoms with Gasteiger partial charge >= 0.3 is 0 Å². The zero-order chi connectivity index (χ0) is 21.1. The summed E-state index contributed by atoms with van der Waals surface area (Å²) in [6.07, 6.45) is 4.03. The molecule has 0 aromatic heterocycles. The molecule has 12 heteroatoms. The van der Waals surface area contributed by atoms with E-state index in [4.69, 9.17) is 22.9 Å². The van der Waals surface area contributed by atoms with Gasteiger partial charge in [-0.2, -0.15) is 9.98 Å². The first-order valence-electron chi connectivity index (χ1n) is 9.21. The van der Waals surface area contributed by atoms with Gasteiger partial charge in [-0.05, 0) is 35.4 Å². The third-order valence-electron chi connectivity index (χ3n) is 4.59. The van der Waals surface area contributed by atoms with Gasteiger partial charge in [0.1, 0.15) is 13.3 Å². The molecule has 2 aromatic carbocycles. The topological polar surface area (TPSA) is 160 Å². The summed E-state index contributed by atoms with van der Waals surface area (Å²) in [6.45, 7) is 0.671. The van der Waals surface area contributed by atoms with Gasteiger partial charge in [0.05, 0.1) is 0 Å². The molecule has 0 aliphatic carbocycles. The van der Waals surface area contributed by atoms with Gasteiger partial charge in [0, 0.05) is 11.4 Å². The second-order valence-electron chi connectivity index (χ2n) is 6.63. The minimum absolute atomic E-state index is 0. The van der Waals surface area contributed by atoms with Crippen molar-refractivity contribution in [2.24, 2.45) is 42.9 Å². The molecule has 0 fully saturated rings. The number of rotatable bonds is 4. The molecule has 2 aromatic rings. The van der Waals surface area contributed by atoms with E-state index in [1.165, 1.54) is 0 Å². The Morgan fingerprint density at radius 3 is 1.44 bits per heavy atom. The Morgan fingerprint density at radius 1 is 0.656 bits per heavy atom. The molecule has 2 heterocycles. The minimum Gasteiger partial charge on any atom is -0.369 e. The van der Waals surface area contributed by atoms with Gasteiger partial charge in [-0.3, -0.25) is 9.80 Å². The van der Waals surface area contributed by atoms with Crippen LogP contribution in [0.4, 0.5) is 11.4 Å². The van der Waals surface area contributed by atoms with Gasteiger partial charge in [-0.1, -0.05) is 36.4 Å². The molecule has 0 bridgehead atoms. The Morgan fingerprint density at radius 2 is 1.06 bits per heavy atom. The first-order chi connectivity index (χ1) is 14.5. The Kier molecular flexibility index (Phi) is 8.05. The highest BCUT2D eigenvalue weighted by atomic mass is 35.5. The lowest BCUT2D eigenvalue weighted by Gasteiger charge is -2.24. The van der Waals surface area contributed by atoms with Gasteiger partial charge in [-0.25, -0.2) is 9.98 Å². The van der Waals surface area contributed by atoms with Gasteiger partial charge < -0.3 is 22.9 Å². The largest absolute Gasteiger partial charge is 0.369 e. The van der Waals surface area contributed by atoms with Crippen molar-refractivity contribution in [2.45, 2.75) is 0 Å². The standard InChI is InChI=1S/C20H22N10.2ClH/c21-17-25-11-29(19(23)27-17)15-5-1-3-13(9-15)7-8-14-4-2-6-16(10-14)30-12-26-18(22)28-20(30)24;;/h1-10H,11-12H2,(H4,21,23,25,27)(H4,22,24,26,28);2*1H/b8-7+;;. The lowest BCUT2D eigenvalue weighted by atomic mass is 10.1. The molecule has 0 spiro atoms. The molecule has 0 unspecified atom stereocenters. The van der Waals surface area contributed by atoms with E-state index in [0.717, 1.165) is 22.5 Å². The Bertz CT molecular complexity index is 1040. The highest BCUT2D eigenvalue weighted by molar-refractivity contribution is 6.05. The van der Waals surface area contributed by atoms with Gasteiger partial charge in [0.25, 0.3) is 0 Å². The van der Waals surface area contributed by atoms with Crippen LogP contribution in [-0.2, 0) is 0 Å². The summed E-state index contributed by atoms with van der Waals surface area (Å²) < 4.78 is 0. The van der Waals surface area contributed by atoms with E-state index >= 15 is 0 Å². The van der Waals surface area contributed by atoms with Crippen LogP contribution in [0, 0.1) is 0 Å². The molecule has 8 N–H and O–H groups in total. The summed E-state index contributed by atoms with van der Waals surface area (Å²) in [4.78, 5) is 19.9. The lowest BCUT2D eigenvalue weighted by Crippen LogP contribution is -2.42. The molecule has 168 valence electrons. The quantitative estimate of drug-likeness (QED) is 0.491. The van der Waals surface area contributed by atoms with Crippen LogP contribution in [0.2, 0.25) is 0 Å². The normalized spacial score (nSPS) is 15.8. The van der Waals surface area contributed by atoms with Crippen molar-refractivity contribution < 1.29 is 0 Å². The van der Waals surface area contributed by atoms with Crippen molar-refractivity contribution in [1.29, 1.82) is 0 Å². The molecule has 4 rings (SSSR count). The number of nitrogens with zero attached hydrogens (tertiary/aromatic N) is 6. The molecule has 2 aliphatic rings. The van der Waals surface area contributed by atoms with Crippen LogP contribution in [-0.4, -0.2) is 37.2 Å². The Hall–Kier alpha value is -3.76. The van der Waals surface area contributed by atoms with E-state index < -0.39 is 0 Å². The molecule has 10 nitrogen and oxygen atoms in total. The van der Waals surface area contributed by atoms with Gasteiger partial charge in [-0.15, -0.1) is 24.8 Å². The van der Waals surface area contributed by atoms with E-state index in [0.29, 0.717) is 25.3 Å². The Labute approximate surface area is 197 Å². The molecule has 0 amide bonds. The van der Waals surface area contributed by atoms with Gasteiger partial charge in [0.2, 0.25) is 23.8 Å². The fourth-order valence-corrected chi connectivity index (χ4v) is 3.07. The predicted molar refractivity (Wildman–Crippen MR) is 137 cm³/mol. The summed E-state index contributed by atoms with van der Waals surface area (Å²) in [5, 5.41) is 0. The SMILES string of the molecule is Cl.Cl.NC1=NCN(c2cccc(/C=C/c3cccc(N4CN=C(N)N=C4N)c3)c2)C(N)=N1. The summed E-state index contributed by atoms with van der Waals surface area (Å²) >= 11 is 0. The first-order valence-corrected chi connectivity index (χ1v) is 9.21. The monoisotopic (exact) mass is 474 g/mol. The summed E-state index contributed by atoms with van der Waals surface area (Å²) in [5.41, 5.74) is 26.9. The van der Waals surface area contributed by atoms with Crippen molar-refractivity contribution in [1.82, 2.24) is 0 Å². The van der Waals surface area contributed by atoms with Crippen LogP contribution in [0.1, 0.15) is 11.1 Å². The maximum Gasteiger partial charge on any atom is 0.220 e. The number of anilines is 2. The van der Waals surface area contributed by atoms with E-state index in [1.54, 1.807) is 9.80 Å². The molecule has 0 radical (unpaired) electrons. The summed E-state index contributed by atoms with van der Waals surface area (Å²) in [6, 6.07) is 15.8. The van der Waals surface area contributed by atoms with E-state index in [-0.39, 0.29) is 36.7 Å². The second kappa shape index (κ2) is 10.5. The van der Waals surface area contributed by atoms with E-state index in [1.807, 2.05) is 60.7 Å². The van der Waals surface area contributed by atoms with E-state index in [9.17, 15) is 0 Å². The van der Waals surface area contributed by atoms with Crippen molar-refractivity contribution >= 4 is 72.2 Å². The third kappa shape index (κ3) is 5.48. The zero-order valence-corrected chi connectivity index (χ0v) is 18.6. The van der Waals surface area contributed by atoms with Crippen LogP contribution < -0.4 is 32.7 Å². The molecular formula is C20H24Cl2N10. The molecule has 2 aliphatic heterocycles. The number of guanidine groups is 4. The third-order valence-corrected chi connectivity index (χ3v) is 4.59. The average Bonchev–Trinajstić information content (AvgIpc) is 2.73. The summed E-state index contributed by atoms with van der Waals surface area (Å²) in [7, 11) is 0. The van der Waals surface area contributed by atoms with Crippen molar-refractivity contribution in [3.63, 3.8) is 0 Å². The van der Waals surface area contributed by atoms with Crippen molar-refractivity contribution in [3.05, 3.63) is 59.7 Å².